The normalized spacial score (nSPS) is 27.6. The maximum Gasteiger partial charge on any atom is 0.255 e. The standard InChI is InChI=1S/C21H28N2O4/c1-14(2)12-15-13-22-20(24)16-6-3-4-7-18(16)26-10-5-8-19-17(9-11-27-19)21(25)23-15/h3-8,14-15,17,19H,9-13H2,1-2H3,(H,22,24)(H,23,25)/b8-5+/t15-,17+,19-/m0/s1. The topological polar surface area (TPSA) is 76.7 Å². The van der Waals surface area contributed by atoms with Gasteiger partial charge in [0.15, 0.2) is 0 Å². The fraction of sp³-hybridized carbons (Fsp3) is 0.524. The van der Waals surface area contributed by atoms with Crippen molar-refractivity contribution in [3.8, 4) is 5.75 Å². The van der Waals surface area contributed by atoms with Gasteiger partial charge < -0.3 is 20.1 Å². The summed E-state index contributed by atoms with van der Waals surface area (Å²) in [6.07, 6.45) is 5.00. The predicted octanol–water partition coefficient (Wildman–Crippen LogP) is 2.30. The number of benzene rings is 1. The van der Waals surface area contributed by atoms with E-state index in [0.29, 0.717) is 43.4 Å². The summed E-state index contributed by atoms with van der Waals surface area (Å²) in [6, 6.07) is 7.06. The van der Waals surface area contributed by atoms with Gasteiger partial charge >= 0.3 is 0 Å². The maximum absolute atomic E-state index is 12.8. The maximum atomic E-state index is 12.8. The Balaban J connectivity index is 1.84. The van der Waals surface area contributed by atoms with E-state index >= 15 is 0 Å². The molecule has 146 valence electrons. The summed E-state index contributed by atoms with van der Waals surface area (Å²) < 4.78 is 11.5. The molecule has 0 saturated carbocycles. The van der Waals surface area contributed by atoms with Crippen molar-refractivity contribution >= 4 is 11.8 Å². The molecule has 0 unspecified atom stereocenters. The molecule has 6 nitrogen and oxygen atoms in total. The lowest BCUT2D eigenvalue weighted by Crippen LogP contribution is -2.47. The van der Waals surface area contributed by atoms with Crippen molar-refractivity contribution < 1.29 is 19.1 Å². The van der Waals surface area contributed by atoms with Crippen LogP contribution >= 0.6 is 0 Å². The summed E-state index contributed by atoms with van der Waals surface area (Å²) in [5.74, 6) is 0.529. The molecular weight excluding hydrogens is 344 g/mol. The minimum atomic E-state index is -0.235. The minimum absolute atomic E-state index is 0.0135. The Kier molecular flexibility index (Phi) is 6.50. The number of amides is 2. The minimum Gasteiger partial charge on any atom is -0.489 e. The summed E-state index contributed by atoms with van der Waals surface area (Å²) in [7, 11) is 0. The van der Waals surface area contributed by atoms with Crippen molar-refractivity contribution in [2.45, 2.75) is 38.8 Å². The molecule has 1 fully saturated rings. The van der Waals surface area contributed by atoms with Gasteiger partial charge in [-0.25, -0.2) is 0 Å². The third-order valence-corrected chi connectivity index (χ3v) is 4.88. The van der Waals surface area contributed by atoms with Crippen LogP contribution in [-0.4, -0.2) is 43.7 Å². The second kappa shape index (κ2) is 9.04. The summed E-state index contributed by atoms with van der Waals surface area (Å²) in [6.45, 7) is 5.47. The van der Waals surface area contributed by atoms with Crippen LogP contribution in [0, 0.1) is 11.8 Å². The molecule has 3 atom stereocenters. The Morgan fingerprint density at radius 2 is 2.04 bits per heavy atom. The number of para-hydroxylation sites is 1. The fourth-order valence-electron chi connectivity index (χ4n) is 3.57. The Labute approximate surface area is 160 Å². The Morgan fingerprint density at radius 3 is 2.85 bits per heavy atom. The second-order valence-electron chi connectivity index (χ2n) is 7.51. The molecule has 2 amide bonds. The van der Waals surface area contributed by atoms with E-state index in [-0.39, 0.29) is 29.9 Å². The van der Waals surface area contributed by atoms with Crippen LogP contribution in [0.1, 0.15) is 37.0 Å². The van der Waals surface area contributed by atoms with Crippen molar-refractivity contribution in [1.82, 2.24) is 10.6 Å². The molecule has 0 radical (unpaired) electrons. The van der Waals surface area contributed by atoms with Crippen molar-refractivity contribution in [2.24, 2.45) is 11.8 Å². The van der Waals surface area contributed by atoms with Crippen LogP contribution in [0.15, 0.2) is 36.4 Å². The monoisotopic (exact) mass is 372 g/mol. The lowest BCUT2D eigenvalue weighted by Gasteiger charge is -2.24. The van der Waals surface area contributed by atoms with Gasteiger partial charge in [0, 0.05) is 19.2 Å². The van der Waals surface area contributed by atoms with Crippen LogP contribution < -0.4 is 15.4 Å². The Bertz CT molecular complexity index is 701. The number of hydrogen-bond acceptors (Lipinski definition) is 4. The first kappa shape index (κ1) is 19.4. The van der Waals surface area contributed by atoms with Gasteiger partial charge in [0.1, 0.15) is 12.4 Å². The highest BCUT2D eigenvalue weighted by Crippen LogP contribution is 2.23. The molecule has 0 bridgehead atoms. The summed E-state index contributed by atoms with van der Waals surface area (Å²) in [5.41, 5.74) is 0.493. The third-order valence-electron chi connectivity index (χ3n) is 4.88. The number of nitrogens with one attached hydrogen (secondary N) is 2. The van der Waals surface area contributed by atoms with E-state index < -0.39 is 0 Å². The van der Waals surface area contributed by atoms with Crippen molar-refractivity contribution in [1.29, 1.82) is 0 Å². The molecule has 1 aromatic carbocycles. The molecule has 0 aromatic heterocycles. The molecule has 0 aliphatic carbocycles. The first-order chi connectivity index (χ1) is 13.0. The molecule has 3 rings (SSSR count). The molecule has 27 heavy (non-hydrogen) atoms. The number of carbonyl (C=O) groups is 2. The van der Waals surface area contributed by atoms with E-state index in [9.17, 15) is 9.59 Å². The zero-order chi connectivity index (χ0) is 19.2. The summed E-state index contributed by atoms with van der Waals surface area (Å²) in [4.78, 5) is 25.4. The van der Waals surface area contributed by atoms with Crippen molar-refractivity contribution in [3.05, 3.63) is 42.0 Å². The summed E-state index contributed by atoms with van der Waals surface area (Å²) >= 11 is 0. The molecule has 1 aromatic rings. The first-order valence-corrected chi connectivity index (χ1v) is 9.63. The average Bonchev–Trinajstić information content (AvgIpc) is 3.11. The molecule has 2 N–H and O–H groups in total. The van der Waals surface area contributed by atoms with Crippen molar-refractivity contribution in [3.63, 3.8) is 0 Å². The molecule has 2 aliphatic rings. The van der Waals surface area contributed by atoms with E-state index in [0.717, 1.165) is 6.42 Å². The van der Waals surface area contributed by atoms with Gasteiger partial charge in [-0.15, -0.1) is 0 Å². The highest BCUT2D eigenvalue weighted by Gasteiger charge is 2.33. The third kappa shape index (κ3) is 5.10. The van der Waals surface area contributed by atoms with E-state index in [1.807, 2.05) is 24.3 Å². The fourth-order valence-corrected chi connectivity index (χ4v) is 3.57. The zero-order valence-corrected chi connectivity index (χ0v) is 15.9. The van der Waals surface area contributed by atoms with E-state index in [1.165, 1.54) is 0 Å². The first-order valence-electron chi connectivity index (χ1n) is 9.63. The van der Waals surface area contributed by atoms with Crippen LogP contribution in [0.5, 0.6) is 5.75 Å². The SMILES string of the molecule is CC(C)C[C@H]1CNC(=O)c2ccccc2OC/C=C/[C@@H]2OCC[C@H]2C(=O)N1. The number of ether oxygens (including phenoxy) is 2. The van der Waals surface area contributed by atoms with Gasteiger partial charge in [0.2, 0.25) is 5.91 Å². The molecule has 0 spiro atoms. The van der Waals surface area contributed by atoms with Crippen LogP contribution in [-0.2, 0) is 9.53 Å². The molecule has 6 heteroatoms. The van der Waals surface area contributed by atoms with E-state index in [2.05, 4.69) is 24.5 Å². The average molecular weight is 372 g/mol. The molecule has 2 heterocycles. The van der Waals surface area contributed by atoms with E-state index in [1.54, 1.807) is 12.1 Å². The molecule has 1 saturated heterocycles. The zero-order valence-electron chi connectivity index (χ0n) is 15.9. The second-order valence-corrected chi connectivity index (χ2v) is 7.51. The number of carbonyl (C=O) groups excluding carboxylic acids is 2. The van der Waals surface area contributed by atoms with Gasteiger partial charge in [-0.1, -0.05) is 32.1 Å². The number of hydrogen-bond donors (Lipinski definition) is 2. The lowest BCUT2D eigenvalue weighted by atomic mass is 9.97. The van der Waals surface area contributed by atoms with Crippen LogP contribution in [0.2, 0.25) is 0 Å². The van der Waals surface area contributed by atoms with Crippen LogP contribution in [0.3, 0.4) is 0 Å². The number of fused-ring (bicyclic) bond motifs is 2. The Hall–Kier alpha value is -2.34. The summed E-state index contributed by atoms with van der Waals surface area (Å²) in [5, 5.41) is 6.06. The van der Waals surface area contributed by atoms with Gasteiger partial charge in [-0.05, 0) is 37.0 Å². The molecular formula is C21H28N2O4. The highest BCUT2D eigenvalue weighted by atomic mass is 16.5. The lowest BCUT2D eigenvalue weighted by molar-refractivity contribution is -0.126. The van der Waals surface area contributed by atoms with Gasteiger partial charge in [0.05, 0.1) is 17.6 Å². The van der Waals surface area contributed by atoms with E-state index in [4.69, 9.17) is 9.47 Å². The van der Waals surface area contributed by atoms with Gasteiger partial charge in [-0.3, -0.25) is 9.59 Å². The Morgan fingerprint density at radius 1 is 1.22 bits per heavy atom. The smallest absolute Gasteiger partial charge is 0.255 e. The van der Waals surface area contributed by atoms with Gasteiger partial charge in [-0.2, -0.15) is 0 Å². The van der Waals surface area contributed by atoms with Gasteiger partial charge in [0.25, 0.3) is 5.91 Å². The largest absolute Gasteiger partial charge is 0.489 e. The quantitative estimate of drug-likeness (QED) is 0.781. The molecule has 2 aliphatic heterocycles. The van der Waals surface area contributed by atoms with Crippen LogP contribution in [0.25, 0.3) is 0 Å². The predicted molar refractivity (Wildman–Crippen MR) is 103 cm³/mol. The van der Waals surface area contributed by atoms with Crippen LogP contribution in [0.4, 0.5) is 0 Å². The number of rotatable bonds is 2. The van der Waals surface area contributed by atoms with Crippen molar-refractivity contribution in [2.75, 3.05) is 19.8 Å². The highest BCUT2D eigenvalue weighted by molar-refractivity contribution is 5.97.